The van der Waals surface area contributed by atoms with E-state index in [0.717, 1.165) is 12.8 Å². The molecular formula is C20H25N3O4. The van der Waals surface area contributed by atoms with E-state index in [2.05, 4.69) is 11.9 Å². The molecule has 0 bridgehead atoms. The molecule has 1 aromatic heterocycles. The molecule has 0 N–H and O–H groups in total. The van der Waals surface area contributed by atoms with Crippen LogP contribution in [0, 0.1) is 12.8 Å². The SMILES string of the molecule is CCn1c(=O)c(C)nc2cc(C(=O)OCC(=O)N3CCC[C@H](C)C3)ccc21. The van der Waals surface area contributed by atoms with Crippen LogP contribution < -0.4 is 5.56 Å². The number of carbonyl (C=O) groups excluding carboxylic acids is 2. The summed E-state index contributed by atoms with van der Waals surface area (Å²) in [6.07, 6.45) is 2.10. The highest BCUT2D eigenvalue weighted by Gasteiger charge is 2.22. The number of aromatic nitrogens is 2. The zero-order valence-electron chi connectivity index (χ0n) is 16.0. The first-order valence-electron chi connectivity index (χ1n) is 9.36. The summed E-state index contributed by atoms with van der Waals surface area (Å²) in [4.78, 5) is 42.8. The second-order valence-corrected chi connectivity index (χ2v) is 7.11. The summed E-state index contributed by atoms with van der Waals surface area (Å²) >= 11 is 0. The summed E-state index contributed by atoms with van der Waals surface area (Å²) in [5, 5.41) is 0. The molecule has 1 fully saturated rings. The predicted molar refractivity (Wildman–Crippen MR) is 102 cm³/mol. The monoisotopic (exact) mass is 371 g/mol. The molecule has 1 aliphatic heterocycles. The van der Waals surface area contributed by atoms with E-state index in [9.17, 15) is 14.4 Å². The zero-order valence-corrected chi connectivity index (χ0v) is 16.0. The fourth-order valence-corrected chi connectivity index (χ4v) is 3.53. The molecule has 1 amide bonds. The number of fused-ring (bicyclic) bond motifs is 1. The standard InChI is InChI=1S/C20H25N3O4/c1-4-23-17-8-7-15(10-16(17)21-14(3)19(23)25)20(26)27-12-18(24)22-9-5-6-13(2)11-22/h7-8,10,13H,4-6,9,11-12H2,1-3H3/t13-/m0/s1. The molecule has 0 radical (unpaired) electrons. The summed E-state index contributed by atoms with van der Waals surface area (Å²) in [5.74, 6) is -0.252. The Kier molecular flexibility index (Phi) is 5.58. The predicted octanol–water partition coefficient (Wildman–Crippen LogP) is 2.14. The number of hydrogen-bond acceptors (Lipinski definition) is 5. The van der Waals surface area contributed by atoms with Gasteiger partial charge in [-0.2, -0.15) is 0 Å². The number of hydrogen-bond donors (Lipinski definition) is 0. The van der Waals surface area contributed by atoms with Gasteiger partial charge in [-0.1, -0.05) is 6.92 Å². The number of aryl methyl sites for hydroxylation is 2. The van der Waals surface area contributed by atoms with Crippen LogP contribution in [0.15, 0.2) is 23.0 Å². The summed E-state index contributed by atoms with van der Waals surface area (Å²) in [5.41, 5.74) is 1.78. The van der Waals surface area contributed by atoms with Crippen molar-refractivity contribution in [3.8, 4) is 0 Å². The molecule has 1 aliphatic rings. The first kappa shape index (κ1) is 19.1. The lowest BCUT2D eigenvalue weighted by atomic mass is 10.0. The van der Waals surface area contributed by atoms with E-state index in [1.807, 2.05) is 6.92 Å². The maximum Gasteiger partial charge on any atom is 0.338 e. The molecule has 27 heavy (non-hydrogen) atoms. The lowest BCUT2D eigenvalue weighted by Gasteiger charge is -2.30. The molecule has 7 heteroatoms. The van der Waals surface area contributed by atoms with E-state index in [1.165, 1.54) is 0 Å². The number of carbonyl (C=O) groups is 2. The first-order valence-corrected chi connectivity index (χ1v) is 9.36. The van der Waals surface area contributed by atoms with Crippen LogP contribution in [0.2, 0.25) is 0 Å². The van der Waals surface area contributed by atoms with Crippen molar-refractivity contribution in [2.45, 2.75) is 40.2 Å². The average Bonchev–Trinajstić information content (AvgIpc) is 2.66. The van der Waals surface area contributed by atoms with E-state index in [4.69, 9.17) is 4.74 Å². The van der Waals surface area contributed by atoms with E-state index in [1.54, 1.807) is 34.6 Å². The summed E-state index contributed by atoms with van der Waals surface area (Å²) < 4.78 is 6.83. The van der Waals surface area contributed by atoms with E-state index >= 15 is 0 Å². The van der Waals surface area contributed by atoms with Gasteiger partial charge in [0.15, 0.2) is 6.61 Å². The molecule has 1 aromatic carbocycles. The van der Waals surface area contributed by atoms with Crippen molar-refractivity contribution < 1.29 is 14.3 Å². The van der Waals surface area contributed by atoms with Crippen molar-refractivity contribution in [3.63, 3.8) is 0 Å². The number of rotatable bonds is 4. The number of piperidine rings is 1. The molecule has 2 aromatic rings. The maximum absolute atomic E-state index is 12.4. The van der Waals surface area contributed by atoms with Crippen molar-refractivity contribution in [1.29, 1.82) is 0 Å². The number of amides is 1. The lowest BCUT2D eigenvalue weighted by Crippen LogP contribution is -2.41. The van der Waals surface area contributed by atoms with Gasteiger partial charge in [0, 0.05) is 19.6 Å². The van der Waals surface area contributed by atoms with E-state index in [-0.39, 0.29) is 18.1 Å². The van der Waals surface area contributed by atoms with Crippen molar-refractivity contribution in [2.75, 3.05) is 19.7 Å². The smallest absolute Gasteiger partial charge is 0.338 e. The number of benzene rings is 1. The van der Waals surface area contributed by atoms with Crippen molar-refractivity contribution in [2.24, 2.45) is 5.92 Å². The molecule has 2 heterocycles. The number of likely N-dealkylation sites (tertiary alicyclic amines) is 1. The lowest BCUT2D eigenvalue weighted by molar-refractivity contribution is -0.136. The second-order valence-electron chi connectivity index (χ2n) is 7.11. The quantitative estimate of drug-likeness (QED) is 0.769. The van der Waals surface area contributed by atoms with Gasteiger partial charge in [-0.3, -0.25) is 9.59 Å². The summed E-state index contributed by atoms with van der Waals surface area (Å²) in [6.45, 7) is 7.34. The van der Waals surface area contributed by atoms with Gasteiger partial charge >= 0.3 is 5.97 Å². The molecule has 7 nitrogen and oxygen atoms in total. The van der Waals surface area contributed by atoms with Gasteiger partial charge in [0.1, 0.15) is 5.69 Å². The fraction of sp³-hybridized carbons (Fsp3) is 0.500. The van der Waals surface area contributed by atoms with Crippen LogP contribution in [0.1, 0.15) is 42.7 Å². The van der Waals surface area contributed by atoms with Crippen LogP contribution >= 0.6 is 0 Å². The number of ether oxygens (including phenoxy) is 1. The average molecular weight is 371 g/mol. The third-order valence-corrected chi connectivity index (χ3v) is 5.00. The largest absolute Gasteiger partial charge is 0.452 e. The molecule has 3 rings (SSSR count). The normalized spacial score (nSPS) is 17.1. The summed E-state index contributed by atoms with van der Waals surface area (Å²) in [7, 11) is 0. The van der Waals surface area contributed by atoms with Crippen LogP contribution in [-0.2, 0) is 16.1 Å². The zero-order chi connectivity index (χ0) is 19.6. The molecule has 0 unspecified atom stereocenters. The molecule has 0 saturated carbocycles. The number of esters is 1. The van der Waals surface area contributed by atoms with Gasteiger partial charge in [0.2, 0.25) is 0 Å². The minimum absolute atomic E-state index is 0.137. The molecular weight excluding hydrogens is 346 g/mol. The second kappa shape index (κ2) is 7.90. The Bertz CT molecular complexity index is 935. The van der Waals surface area contributed by atoms with Crippen LogP contribution in [0.3, 0.4) is 0 Å². The Labute approximate surface area is 157 Å². The molecule has 1 saturated heterocycles. The Balaban J connectivity index is 1.73. The first-order chi connectivity index (χ1) is 12.9. The molecule has 0 spiro atoms. The Morgan fingerprint density at radius 2 is 2.11 bits per heavy atom. The fourth-order valence-electron chi connectivity index (χ4n) is 3.53. The van der Waals surface area contributed by atoms with Crippen LogP contribution in [0.4, 0.5) is 0 Å². The van der Waals surface area contributed by atoms with Crippen molar-refractivity contribution in [1.82, 2.24) is 14.5 Å². The third-order valence-electron chi connectivity index (χ3n) is 5.00. The Hall–Kier alpha value is -2.70. The van der Waals surface area contributed by atoms with Crippen LogP contribution in [0.5, 0.6) is 0 Å². The van der Waals surface area contributed by atoms with Crippen molar-refractivity contribution in [3.05, 3.63) is 39.8 Å². The van der Waals surface area contributed by atoms with Gasteiger partial charge < -0.3 is 14.2 Å². The highest BCUT2D eigenvalue weighted by atomic mass is 16.5. The van der Waals surface area contributed by atoms with E-state index < -0.39 is 5.97 Å². The Morgan fingerprint density at radius 3 is 2.81 bits per heavy atom. The number of nitrogens with zero attached hydrogens (tertiary/aromatic N) is 3. The van der Waals surface area contributed by atoms with Gasteiger partial charge in [-0.15, -0.1) is 0 Å². The van der Waals surface area contributed by atoms with Crippen LogP contribution in [-0.4, -0.2) is 46.0 Å². The molecule has 1 atom stereocenters. The maximum atomic E-state index is 12.4. The Morgan fingerprint density at radius 1 is 1.33 bits per heavy atom. The highest BCUT2D eigenvalue weighted by molar-refractivity contribution is 5.94. The van der Waals surface area contributed by atoms with Gasteiger partial charge in [-0.25, -0.2) is 9.78 Å². The van der Waals surface area contributed by atoms with Gasteiger partial charge in [0.05, 0.1) is 16.6 Å². The van der Waals surface area contributed by atoms with Crippen LogP contribution in [0.25, 0.3) is 11.0 Å². The van der Waals surface area contributed by atoms with Gasteiger partial charge in [-0.05, 0) is 50.8 Å². The van der Waals surface area contributed by atoms with Gasteiger partial charge in [0.25, 0.3) is 11.5 Å². The third kappa shape index (κ3) is 4.02. The van der Waals surface area contributed by atoms with E-state index in [0.29, 0.717) is 47.8 Å². The molecule has 144 valence electrons. The van der Waals surface area contributed by atoms with Crippen molar-refractivity contribution >= 4 is 22.9 Å². The minimum Gasteiger partial charge on any atom is -0.452 e. The minimum atomic E-state index is -0.566. The summed E-state index contributed by atoms with van der Waals surface area (Å²) in [6, 6.07) is 4.89. The highest BCUT2D eigenvalue weighted by Crippen LogP contribution is 2.17. The topological polar surface area (TPSA) is 81.5 Å². The molecule has 0 aliphatic carbocycles.